The van der Waals surface area contributed by atoms with Crippen molar-refractivity contribution in [2.45, 2.75) is 27.7 Å². The molecule has 114 valence electrons. The van der Waals surface area contributed by atoms with Gasteiger partial charge in [-0.25, -0.2) is 0 Å². The second kappa shape index (κ2) is 5.21. The topological polar surface area (TPSA) is 0 Å². The third-order valence-corrected chi connectivity index (χ3v) is 7.65. The summed E-state index contributed by atoms with van der Waals surface area (Å²) in [5, 5.41) is 2.91. The molecule has 0 nitrogen and oxygen atoms in total. The quantitative estimate of drug-likeness (QED) is 0.333. The zero-order chi connectivity index (χ0) is 16.1. The Morgan fingerprint density at radius 3 is 1.96 bits per heavy atom. The fraction of sp³-hybridized carbons (Fsp3) is 0.182. The minimum absolute atomic E-state index is 0.0190. The van der Waals surface area contributed by atoms with Crippen LogP contribution in [0, 0.1) is 27.7 Å². The molecule has 1 heteroatoms. The molecule has 0 amide bonds. The zero-order valence-electron chi connectivity index (χ0n) is 14.1. The van der Waals surface area contributed by atoms with Gasteiger partial charge in [0.25, 0.3) is 0 Å². The van der Waals surface area contributed by atoms with E-state index in [1.54, 1.807) is 0 Å². The number of benzene rings is 3. The van der Waals surface area contributed by atoms with Crippen LogP contribution in [0.15, 0.2) is 54.6 Å². The van der Waals surface area contributed by atoms with Crippen molar-refractivity contribution in [3.63, 3.8) is 0 Å². The normalized spacial score (nSPS) is 12.3. The molecule has 0 N–H and O–H groups in total. The summed E-state index contributed by atoms with van der Waals surface area (Å²) in [7, 11) is 0.0190. The van der Waals surface area contributed by atoms with E-state index >= 15 is 0 Å². The van der Waals surface area contributed by atoms with Crippen LogP contribution in [0.2, 0.25) is 0 Å². The monoisotopic (exact) mass is 317 g/mol. The number of hydrogen-bond acceptors (Lipinski definition) is 0. The van der Waals surface area contributed by atoms with E-state index in [1.165, 1.54) is 47.3 Å². The van der Waals surface area contributed by atoms with Gasteiger partial charge in [0.2, 0.25) is 0 Å². The third-order valence-electron chi connectivity index (χ3n) is 5.19. The van der Waals surface area contributed by atoms with E-state index < -0.39 is 0 Å². The lowest BCUT2D eigenvalue weighted by Crippen LogP contribution is -1.92. The van der Waals surface area contributed by atoms with E-state index in [0.717, 1.165) is 0 Å². The Morgan fingerprint density at radius 1 is 0.609 bits per heavy atom. The molecule has 3 aromatic carbocycles. The Balaban J connectivity index is 2.33. The van der Waals surface area contributed by atoms with Crippen molar-refractivity contribution in [3.8, 4) is 4.90 Å². The average molecular weight is 317 g/mol. The zero-order valence-corrected chi connectivity index (χ0v) is 14.9. The van der Waals surface area contributed by atoms with Crippen LogP contribution in [0.3, 0.4) is 0 Å². The van der Waals surface area contributed by atoms with Crippen LogP contribution in [0.5, 0.6) is 0 Å². The predicted molar refractivity (Wildman–Crippen MR) is 104 cm³/mol. The molecule has 0 bridgehead atoms. The van der Waals surface area contributed by atoms with Crippen molar-refractivity contribution in [3.05, 3.63) is 76.9 Å². The molecule has 4 aromatic rings. The molecule has 0 aliphatic rings. The van der Waals surface area contributed by atoms with Crippen molar-refractivity contribution < 1.29 is 0 Å². The fourth-order valence-corrected chi connectivity index (χ4v) is 6.29. The molecule has 0 fully saturated rings. The first-order chi connectivity index (χ1) is 11.1. The second-order valence-corrected chi connectivity index (χ2v) is 8.25. The van der Waals surface area contributed by atoms with Gasteiger partial charge in [0.1, 0.15) is 0 Å². The minimum Gasteiger partial charge on any atom is -0.0619 e. The summed E-state index contributed by atoms with van der Waals surface area (Å²) < 4.78 is 3.02. The highest BCUT2D eigenvalue weighted by Gasteiger charge is 2.27. The summed E-state index contributed by atoms with van der Waals surface area (Å²) in [5.74, 6) is 0. The predicted octanol–water partition coefficient (Wildman–Crippen LogP) is 6.96. The molecule has 4 rings (SSSR count). The molecular formula is C22H21S+. The van der Waals surface area contributed by atoms with Crippen LogP contribution in [-0.2, 0) is 0 Å². The Kier molecular flexibility index (Phi) is 3.28. The Labute approximate surface area is 140 Å². The number of thiophene rings is 1. The molecule has 0 aliphatic carbocycles. The first kappa shape index (κ1) is 14.5. The van der Waals surface area contributed by atoms with Gasteiger partial charge < -0.3 is 0 Å². The summed E-state index contributed by atoms with van der Waals surface area (Å²) >= 11 is 0. The van der Waals surface area contributed by atoms with E-state index in [1.807, 2.05) is 0 Å². The Bertz CT molecular complexity index is 1040. The summed E-state index contributed by atoms with van der Waals surface area (Å²) in [4.78, 5) is 1.42. The molecule has 1 unspecified atom stereocenters. The molecule has 0 spiro atoms. The standard InChI is InChI=1S/C22H21S/c1-14-15(2)17(4)22-21(16(14)3)19-12-8-9-13-20(19)23(22)18-10-6-5-7-11-18/h5-13H,1-4H3/q+1. The highest BCUT2D eigenvalue weighted by atomic mass is 32.2. The lowest BCUT2D eigenvalue weighted by atomic mass is 9.95. The molecule has 1 heterocycles. The fourth-order valence-electron chi connectivity index (χ4n) is 3.62. The van der Waals surface area contributed by atoms with Gasteiger partial charge in [-0.15, -0.1) is 0 Å². The van der Waals surface area contributed by atoms with Crippen molar-refractivity contribution in [1.29, 1.82) is 0 Å². The molecule has 1 aromatic heterocycles. The van der Waals surface area contributed by atoms with Crippen molar-refractivity contribution >= 4 is 30.6 Å². The highest BCUT2D eigenvalue weighted by Crippen LogP contribution is 2.51. The maximum Gasteiger partial charge on any atom is 0.191 e. The number of rotatable bonds is 1. The van der Waals surface area contributed by atoms with E-state index in [9.17, 15) is 0 Å². The largest absolute Gasteiger partial charge is 0.191 e. The van der Waals surface area contributed by atoms with E-state index in [-0.39, 0.29) is 10.5 Å². The average Bonchev–Trinajstić information content (AvgIpc) is 2.94. The maximum absolute atomic E-state index is 2.31. The van der Waals surface area contributed by atoms with Gasteiger partial charge in [0.05, 0.1) is 5.39 Å². The summed E-state index contributed by atoms with van der Waals surface area (Å²) in [6.07, 6.45) is 0. The van der Waals surface area contributed by atoms with Gasteiger partial charge in [0.15, 0.2) is 14.3 Å². The number of aryl methyl sites for hydroxylation is 2. The Hall–Kier alpha value is -2.12. The molecular weight excluding hydrogens is 296 g/mol. The number of fused-ring (bicyclic) bond motifs is 3. The van der Waals surface area contributed by atoms with Gasteiger partial charge in [0, 0.05) is 21.4 Å². The summed E-state index contributed by atoms with van der Waals surface area (Å²) in [6, 6.07) is 19.9. The van der Waals surface area contributed by atoms with Crippen molar-refractivity contribution in [2.24, 2.45) is 0 Å². The molecule has 0 saturated carbocycles. The van der Waals surface area contributed by atoms with Gasteiger partial charge in [-0.3, -0.25) is 0 Å². The van der Waals surface area contributed by atoms with Gasteiger partial charge in [-0.05, 0) is 68.7 Å². The second-order valence-electron chi connectivity index (χ2n) is 6.32. The molecule has 0 saturated heterocycles. The molecule has 0 aliphatic heterocycles. The lowest BCUT2D eigenvalue weighted by Gasteiger charge is -2.09. The maximum atomic E-state index is 2.31. The summed E-state index contributed by atoms with van der Waals surface area (Å²) in [6.45, 7) is 9.12. The van der Waals surface area contributed by atoms with E-state index in [0.29, 0.717) is 0 Å². The van der Waals surface area contributed by atoms with Crippen LogP contribution in [0.25, 0.3) is 25.1 Å². The molecule has 1 atom stereocenters. The van der Waals surface area contributed by atoms with Crippen LogP contribution < -0.4 is 0 Å². The molecule has 23 heavy (non-hydrogen) atoms. The van der Waals surface area contributed by atoms with Gasteiger partial charge in [-0.2, -0.15) is 0 Å². The van der Waals surface area contributed by atoms with Crippen LogP contribution in [0.4, 0.5) is 0 Å². The van der Waals surface area contributed by atoms with Crippen molar-refractivity contribution in [1.82, 2.24) is 0 Å². The SMILES string of the molecule is Cc1c(C)c(C)c2c(c1C)c1ccccc1[s+]2-c1ccccc1. The number of hydrogen-bond donors (Lipinski definition) is 0. The van der Waals surface area contributed by atoms with E-state index in [4.69, 9.17) is 0 Å². The van der Waals surface area contributed by atoms with Crippen LogP contribution >= 0.6 is 10.5 Å². The van der Waals surface area contributed by atoms with Gasteiger partial charge in [-0.1, -0.05) is 30.3 Å². The smallest absolute Gasteiger partial charge is 0.0619 e. The van der Waals surface area contributed by atoms with Crippen molar-refractivity contribution in [2.75, 3.05) is 0 Å². The van der Waals surface area contributed by atoms with Crippen LogP contribution in [-0.4, -0.2) is 0 Å². The lowest BCUT2D eigenvalue weighted by molar-refractivity contribution is 1.26. The minimum atomic E-state index is 0.0190. The first-order valence-electron chi connectivity index (χ1n) is 8.10. The van der Waals surface area contributed by atoms with Gasteiger partial charge >= 0.3 is 0 Å². The third kappa shape index (κ3) is 1.96. The summed E-state index contributed by atoms with van der Waals surface area (Å²) in [5.41, 5.74) is 5.80. The van der Waals surface area contributed by atoms with E-state index in [2.05, 4.69) is 82.3 Å². The highest BCUT2D eigenvalue weighted by molar-refractivity contribution is 7.50. The molecule has 0 radical (unpaired) electrons. The Morgan fingerprint density at radius 2 is 1.22 bits per heavy atom. The first-order valence-corrected chi connectivity index (χ1v) is 9.33. The van der Waals surface area contributed by atoms with Crippen LogP contribution in [0.1, 0.15) is 22.3 Å².